The van der Waals surface area contributed by atoms with E-state index in [1.807, 2.05) is 13.8 Å². The van der Waals surface area contributed by atoms with Crippen LogP contribution in [0.25, 0.3) is 0 Å². The van der Waals surface area contributed by atoms with Gasteiger partial charge in [0.2, 0.25) is 0 Å². The van der Waals surface area contributed by atoms with Crippen molar-refractivity contribution in [1.82, 2.24) is 0 Å². The Morgan fingerprint density at radius 3 is 2.62 bits per heavy atom. The third-order valence-electron chi connectivity index (χ3n) is 2.89. The molecular weight excluding hydrogens is 236 g/mol. The summed E-state index contributed by atoms with van der Waals surface area (Å²) >= 11 is 6.12. The van der Waals surface area contributed by atoms with E-state index in [0.29, 0.717) is 18.1 Å². The smallest absolute Gasteiger partial charge is 0.272 e. The molecule has 16 heavy (non-hydrogen) atoms. The fraction of sp³-hybridized carbons (Fsp3) is 0.818. The van der Waals surface area contributed by atoms with Crippen LogP contribution in [0.5, 0.6) is 0 Å². The molecule has 3 unspecified atom stereocenters. The first kappa shape index (κ1) is 13.7. The summed E-state index contributed by atoms with van der Waals surface area (Å²) in [7, 11) is 0. The van der Waals surface area contributed by atoms with Crippen molar-refractivity contribution < 1.29 is 13.5 Å². The second-order valence-electron chi connectivity index (χ2n) is 4.37. The maximum Gasteiger partial charge on any atom is 0.272 e. The molecule has 94 valence electrons. The highest BCUT2D eigenvalue weighted by Gasteiger charge is 2.29. The number of hydrogen-bond donors (Lipinski definition) is 1. The third-order valence-corrected chi connectivity index (χ3v) is 3.27. The highest BCUT2D eigenvalue weighted by Crippen LogP contribution is 2.34. The molecule has 2 N–H and O–H groups in total. The summed E-state index contributed by atoms with van der Waals surface area (Å²) in [6, 6.07) is 0.0628. The van der Waals surface area contributed by atoms with Gasteiger partial charge in [-0.2, -0.15) is 0 Å². The van der Waals surface area contributed by atoms with Gasteiger partial charge >= 0.3 is 0 Å². The SMILES string of the molecule is CC1=C(OCC(F)F)C(Cl)CC(C(C)N)C1. The minimum Gasteiger partial charge on any atom is -0.490 e. The predicted octanol–water partition coefficient (Wildman–Crippen LogP) is 2.91. The van der Waals surface area contributed by atoms with Crippen LogP contribution in [0, 0.1) is 5.92 Å². The molecule has 1 aliphatic carbocycles. The topological polar surface area (TPSA) is 35.2 Å². The zero-order valence-corrected chi connectivity index (χ0v) is 10.3. The summed E-state index contributed by atoms with van der Waals surface area (Å²) in [6.07, 6.45) is -0.996. The lowest BCUT2D eigenvalue weighted by molar-refractivity contribution is 0.0424. The minimum absolute atomic E-state index is 0.0628. The lowest BCUT2D eigenvalue weighted by atomic mass is 9.84. The Balaban J connectivity index is 2.65. The molecular formula is C11H18ClF2NO. The molecule has 0 aromatic heterocycles. The molecule has 0 fully saturated rings. The zero-order valence-electron chi connectivity index (χ0n) is 9.55. The standard InChI is InChI=1S/C11H18ClF2NO/c1-6-3-8(7(2)15)4-9(12)11(6)16-5-10(13)14/h7-10H,3-5,15H2,1-2H3. The van der Waals surface area contributed by atoms with E-state index in [0.717, 1.165) is 12.0 Å². The minimum atomic E-state index is -2.46. The Morgan fingerprint density at radius 2 is 2.19 bits per heavy atom. The van der Waals surface area contributed by atoms with Crippen LogP contribution in [-0.4, -0.2) is 24.5 Å². The molecule has 1 rings (SSSR count). The zero-order chi connectivity index (χ0) is 12.3. The van der Waals surface area contributed by atoms with Crippen molar-refractivity contribution in [1.29, 1.82) is 0 Å². The van der Waals surface area contributed by atoms with E-state index in [1.54, 1.807) is 0 Å². The van der Waals surface area contributed by atoms with Crippen molar-refractivity contribution in [3.8, 4) is 0 Å². The second kappa shape index (κ2) is 5.82. The average molecular weight is 254 g/mol. The summed E-state index contributed by atoms with van der Waals surface area (Å²) in [5.41, 5.74) is 6.76. The van der Waals surface area contributed by atoms with E-state index < -0.39 is 13.0 Å². The van der Waals surface area contributed by atoms with E-state index in [2.05, 4.69) is 0 Å². The fourth-order valence-corrected chi connectivity index (χ4v) is 2.46. The molecule has 5 heteroatoms. The molecule has 0 radical (unpaired) electrons. The molecule has 0 heterocycles. The van der Waals surface area contributed by atoms with Gasteiger partial charge in [0.05, 0.1) is 5.38 Å². The molecule has 0 aliphatic heterocycles. The van der Waals surface area contributed by atoms with Gasteiger partial charge in [0, 0.05) is 6.04 Å². The molecule has 0 amide bonds. The van der Waals surface area contributed by atoms with E-state index >= 15 is 0 Å². The van der Waals surface area contributed by atoms with Crippen LogP contribution in [0.3, 0.4) is 0 Å². The summed E-state index contributed by atoms with van der Waals surface area (Å²) in [4.78, 5) is 0. The van der Waals surface area contributed by atoms with E-state index in [1.165, 1.54) is 0 Å². The summed E-state index contributed by atoms with van der Waals surface area (Å²) in [5.74, 6) is 0.820. The Kier molecular flexibility index (Phi) is 4.99. The normalized spacial score (nSPS) is 28.4. The van der Waals surface area contributed by atoms with Crippen LogP contribution in [-0.2, 0) is 4.74 Å². The quantitative estimate of drug-likeness (QED) is 0.782. The van der Waals surface area contributed by atoms with Gasteiger partial charge in [0.25, 0.3) is 6.43 Å². The average Bonchev–Trinajstić information content (AvgIpc) is 2.15. The highest BCUT2D eigenvalue weighted by molar-refractivity contribution is 6.22. The highest BCUT2D eigenvalue weighted by atomic mass is 35.5. The first-order valence-corrected chi connectivity index (χ1v) is 5.85. The van der Waals surface area contributed by atoms with Crippen molar-refractivity contribution in [2.45, 2.75) is 44.5 Å². The van der Waals surface area contributed by atoms with Crippen LogP contribution in [0.1, 0.15) is 26.7 Å². The number of allylic oxidation sites excluding steroid dienone is 2. The first-order valence-electron chi connectivity index (χ1n) is 5.42. The molecule has 3 atom stereocenters. The van der Waals surface area contributed by atoms with Gasteiger partial charge in [-0.25, -0.2) is 8.78 Å². The Bertz CT molecular complexity index is 269. The molecule has 0 saturated heterocycles. The van der Waals surface area contributed by atoms with Crippen molar-refractivity contribution >= 4 is 11.6 Å². The van der Waals surface area contributed by atoms with E-state index in [4.69, 9.17) is 22.1 Å². The van der Waals surface area contributed by atoms with Crippen LogP contribution in [0.15, 0.2) is 11.3 Å². The van der Waals surface area contributed by atoms with E-state index in [-0.39, 0.29) is 11.4 Å². The number of alkyl halides is 3. The van der Waals surface area contributed by atoms with Gasteiger partial charge in [0.15, 0.2) is 0 Å². The maximum absolute atomic E-state index is 12.0. The van der Waals surface area contributed by atoms with Crippen molar-refractivity contribution in [3.05, 3.63) is 11.3 Å². The number of nitrogens with two attached hydrogens (primary N) is 1. The second-order valence-corrected chi connectivity index (χ2v) is 4.90. The molecule has 0 bridgehead atoms. The molecule has 1 aliphatic rings. The van der Waals surface area contributed by atoms with Crippen LogP contribution < -0.4 is 5.73 Å². The number of ether oxygens (including phenoxy) is 1. The predicted molar refractivity (Wildman–Crippen MR) is 60.7 cm³/mol. The van der Waals surface area contributed by atoms with Gasteiger partial charge in [-0.1, -0.05) is 0 Å². The van der Waals surface area contributed by atoms with Crippen LogP contribution in [0.2, 0.25) is 0 Å². The molecule has 0 aromatic rings. The Hall–Kier alpha value is -0.350. The summed E-state index contributed by atoms with van der Waals surface area (Å²) in [5, 5.41) is -0.330. The first-order chi connectivity index (χ1) is 7.41. The Morgan fingerprint density at radius 1 is 1.56 bits per heavy atom. The lowest BCUT2D eigenvalue weighted by Gasteiger charge is -2.31. The molecule has 2 nitrogen and oxygen atoms in total. The van der Waals surface area contributed by atoms with Crippen LogP contribution in [0.4, 0.5) is 8.78 Å². The largest absolute Gasteiger partial charge is 0.490 e. The van der Waals surface area contributed by atoms with Gasteiger partial charge in [-0.3, -0.25) is 0 Å². The van der Waals surface area contributed by atoms with Gasteiger partial charge in [-0.15, -0.1) is 11.6 Å². The molecule has 0 saturated carbocycles. The third kappa shape index (κ3) is 3.59. The summed E-state index contributed by atoms with van der Waals surface area (Å²) < 4.78 is 29.1. The lowest BCUT2D eigenvalue weighted by Crippen LogP contribution is -2.33. The van der Waals surface area contributed by atoms with Gasteiger partial charge < -0.3 is 10.5 Å². The van der Waals surface area contributed by atoms with Gasteiger partial charge in [0.1, 0.15) is 12.4 Å². The number of hydrogen-bond acceptors (Lipinski definition) is 2. The van der Waals surface area contributed by atoms with Crippen LogP contribution >= 0.6 is 11.6 Å². The van der Waals surface area contributed by atoms with Crippen molar-refractivity contribution in [2.24, 2.45) is 11.7 Å². The Labute approximate surface area is 99.8 Å². The molecule has 0 spiro atoms. The molecule has 0 aromatic carbocycles. The van der Waals surface area contributed by atoms with Crippen molar-refractivity contribution in [2.75, 3.05) is 6.61 Å². The fourth-order valence-electron chi connectivity index (χ4n) is 1.98. The number of rotatable bonds is 4. The number of halogens is 3. The summed E-state index contributed by atoms with van der Waals surface area (Å²) in [6.45, 7) is 3.22. The maximum atomic E-state index is 12.0. The van der Waals surface area contributed by atoms with Gasteiger partial charge in [-0.05, 0) is 38.2 Å². The van der Waals surface area contributed by atoms with Crippen molar-refractivity contribution in [3.63, 3.8) is 0 Å². The van der Waals surface area contributed by atoms with E-state index in [9.17, 15) is 8.78 Å². The monoisotopic (exact) mass is 253 g/mol.